The third kappa shape index (κ3) is 3.84. The first-order valence-electron chi connectivity index (χ1n) is 9.23. The van der Waals surface area contributed by atoms with Crippen molar-refractivity contribution in [1.82, 2.24) is 29.5 Å². The van der Waals surface area contributed by atoms with Gasteiger partial charge < -0.3 is 9.88 Å². The van der Waals surface area contributed by atoms with Crippen LogP contribution in [-0.4, -0.2) is 35.5 Å². The third-order valence-corrected chi connectivity index (χ3v) is 4.86. The van der Waals surface area contributed by atoms with Gasteiger partial charge in [0.15, 0.2) is 0 Å². The highest BCUT2D eigenvalue weighted by atomic mass is 19.1. The molecular weight excluding hydrogens is 373 g/mol. The second-order valence-electron chi connectivity index (χ2n) is 6.73. The second kappa shape index (κ2) is 7.78. The summed E-state index contributed by atoms with van der Waals surface area (Å²) in [5.74, 6) is 0.631. The average molecular weight is 393 g/mol. The zero-order valence-corrected chi connectivity index (χ0v) is 16.1. The van der Waals surface area contributed by atoms with Crippen LogP contribution in [0.2, 0.25) is 0 Å². The van der Waals surface area contributed by atoms with Crippen molar-refractivity contribution in [2.24, 2.45) is 0 Å². The molecule has 0 aliphatic heterocycles. The van der Waals surface area contributed by atoms with Gasteiger partial charge in [0, 0.05) is 35.9 Å². The number of aryl methyl sites for hydroxylation is 2. The van der Waals surface area contributed by atoms with E-state index in [9.17, 15) is 9.18 Å². The van der Waals surface area contributed by atoms with Crippen molar-refractivity contribution in [3.63, 3.8) is 0 Å². The first-order chi connectivity index (χ1) is 14.0. The van der Waals surface area contributed by atoms with Crippen molar-refractivity contribution >= 4 is 17.4 Å². The molecule has 0 saturated heterocycles. The van der Waals surface area contributed by atoms with Gasteiger partial charge in [-0.3, -0.25) is 4.79 Å². The molecular formula is C20H20FN7O. The Kier molecular flexibility index (Phi) is 5.03. The Balaban J connectivity index is 1.58. The molecule has 0 fully saturated rings. The number of rotatable bonds is 6. The Morgan fingerprint density at radius 3 is 2.90 bits per heavy atom. The molecule has 4 aromatic rings. The third-order valence-electron chi connectivity index (χ3n) is 4.86. The van der Waals surface area contributed by atoms with Gasteiger partial charge in [-0.25, -0.2) is 18.9 Å². The molecule has 4 rings (SSSR count). The van der Waals surface area contributed by atoms with Gasteiger partial charge in [0.1, 0.15) is 18.0 Å². The first-order valence-corrected chi connectivity index (χ1v) is 9.23. The van der Waals surface area contributed by atoms with Crippen LogP contribution in [0, 0.1) is 19.7 Å². The number of carbonyl (C=O) groups is 1. The number of carbonyl (C=O) groups excluding carboxylic acids is 1. The van der Waals surface area contributed by atoms with E-state index in [0.717, 1.165) is 17.0 Å². The predicted octanol–water partition coefficient (Wildman–Crippen LogP) is 2.77. The van der Waals surface area contributed by atoms with Crippen LogP contribution in [0.3, 0.4) is 0 Å². The van der Waals surface area contributed by atoms with E-state index in [1.54, 1.807) is 29.0 Å². The van der Waals surface area contributed by atoms with Gasteiger partial charge in [0.05, 0.1) is 6.54 Å². The molecule has 0 saturated carbocycles. The lowest BCUT2D eigenvalue weighted by atomic mass is 10.1. The van der Waals surface area contributed by atoms with Crippen molar-refractivity contribution in [1.29, 1.82) is 0 Å². The molecule has 0 radical (unpaired) electrons. The molecule has 0 aliphatic rings. The van der Waals surface area contributed by atoms with Crippen LogP contribution < -0.4 is 4.90 Å². The highest BCUT2D eigenvalue weighted by Gasteiger charge is 2.20. The number of nitrogens with zero attached hydrogens (tertiary/aromatic N) is 6. The standard InChI is InChI=1S/C20H20FN7O/c1-13-17(14(2)28-20(26-13)24-12-25-28)6-7-19(29)27(11-18-22-8-9-23-18)16-5-3-4-15(21)10-16/h3-5,8-10,12H,6-7,11H2,1-2H3,(H,22,23). The number of aromatic amines is 1. The summed E-state index contributed by atoms with van der Waals surface area (Å²) >= 11 is 0. The maximum absolute atomic E-state index is 13.8. The highest BCUT2D eigenvalue weighted by Crippen LogP contribution is 2.21. The number of nitrogens with one attached hydrogen (secondary N) is 1. The van der Waals surface area contributed by atoms with Gasteiger partial charge in [0.25, 0.3) is 5.78 Å². The number of fused-ring (bicyclic) bond motifs is 1. The van der Waals surface area contributed by atoms with Crippen LogP contribution in [0.4, 0.5) is 10.1 Å². The zero-order valence-electron chi connectivity index (χ0n) is 16.1. The number of anilines is 1. The van der Waals surface area contributed by atoms with Crippen molar-refractivity contribution < 1.29 is 9.18 Å². The van der Waals surface area contributed by atoms with Crippen molar-refractivity contribution in [3.8, 4) is 0 Å². The Hall–Kier alpha value is -3.62. The number of amides is 1. The van der Waals surface area contributed by atoms with Crippen LogP contribution in [0.25, 0.3) is 5.78 Å². The van der Waals surface area contributed by atoms with Crippen LogP contribution in [0.5, 0.6) is 0 Å². The molecule has 0 unspecified atom stereocenters. The van der Waals surface area contributed by atoms with E-state index in [4.69, 9.17) is 0 Å². The zero-order chi connectivity index (χ0) is 20.4. The van der Waals surface area contributed by atoms with Crippen LogP contribution in [-0.2, 0) is 17.8 Å². The Morgan fingerprint density at radius 2 is 2.14 bits per heavy atom. The van der Waals surface area contributed by atoms with Crippen LogP contribution in [0.15, 0.2) is 43.0 Å². The molecule has 0 atom stereocenters. The van der Waals surface area contributed by atoms with Crippen molar-refractivity contribution in [2.75, 3.05) is 4.90 Å². The molecule has 0 bridgehead atoms. The Morgan fingerprint density at radius 1 is 1.28 bits per heavy atom. The van der Waals surface area contributed by atoms with Crippen LogP contribution in [0.1, 0.15) is 29.2 Å². The lowest BCUT2D eigenvalue weighted by molar-refractivity contribution is -0.118. The maximum atomic E-state index is 13.8. The van der Waals surface area contributed by atoms with Gasteiger partial charge in [-0.2, -0.15) is 10.1 Å². The SMILES string of the molecule is Cc1nc2ncnn2c(C)c1CCC(=O)N(Cc1ncc[nH]1)c1cccc(F)c1. The molecule has 0 spiro atoms. The second-order valence-corrected chi connectivity index (χ2v) is 6.73. The summed E-state index contributed by atoms with van der Waals surface area (Å²) in [5, 5.41) is 4.18. The minimum atomic E-state index is -0.396. The van der Waals surface area contributed by atoms with Gasteiger partial charge in [-0.05, 0) is 44.0 Å². The van der Waals surface area contributed by atoms with Gasteiger partial charge >= 0.3 is 0 Å². The molecule has 8 nitrogen and oxygen atoms in total. The number of imidazole rings is 1. The number of hydrogen-bond acceptors (Lipinski definition) is 5. The summed E-state index contributed by atoms with van der Waals surface area (Å²) in [5.41, 5.74) is 3.17. The summed E-state index contributed by atoms with van der Waals surface area (Å²) in [6.07, 6.45) is 5.49. The molecule has 0 aliphatic carbocycles. The smallest absolute Gasteiger partial charge is 0.252 e. The molecule has 9 heteroatoms. The fraction of sp³-hybridized carbons (Fsp3) is 0.250. The van der Waals surface area contributed by atoms with E-state index in [0.29, 0.717) is 23.7 Å². The largest absolute Gasteiger partial charge is 0.347 e. The molecule has 1 N–H and O–H groups in total. The van der Waals surface area contributed by atoms with E-state index in [2.05, 4.69) is 25.0 Å². The monoisotopic (exact) mass is 393 g/mol. The Labute approximate surface area is 166 Å². The lowest BCUT2D eigenvalue weighted by Crippen LogP contribution is -2.31. The van der Waals surface area contributed by atoms with E-state index < -0.39 is 5.82 Å². The van der Waals surface area contributed by atoms with Crippen molar-refractivity contribution in [3.05, 3.63) is 71.6 Å². The molecule has 1 aromatic carbocycles. The molecule has 3 heterocycles. The fourth-order valence-corrected chi connectivity index (χ4v) is 3.39. The summed E-state index contributed by atoms with van der Waals surface area (Å²) in [6, 6.07) is 6.00. The Bertz CT molecular complexity index is 1150. The summed E-state index contributed by atoms with van der Waals surface area (Å²) in [4.78, 5) is 30.4. The molecule has 1 amide bonds. The number of aromatic nitrogens is 6. The van der Waals surface area contributed by atoms with E-state index >= 15 is 0 Å². The van der Waals surface area contributed by atoms with Gasteiger partial charge in [-0.1, -0.05) is 6.07 Å². The van der Waals surface area contributed by atoms with Crippen LogP contribution >= 0.6 is 0 Å². The van der Waals surface area contributed by atoms with E-state index in [1.165, 1.54) is 23.4 Å². The molecule has 3 aromatic heterocycles. The minimum Gasteiger partial charge on any atom is -0.347 e. The normalized spacial score (nSPS) is 11.1. The van der Waals surface area contributed by atoms with E-state index in [1.807, 2.05) is 13.8 Å². The quantitative estimate of drug-likeness (QED) is 0.544. The predicted molar refractivity (Wildman–Crippen MR) is 105 cm³/mol. The molecule has 29 heavy (non-hydrogen) atoms. The topological polar surface area (TPSA) is 92.1 Å². The summed E-state index contributed by atoms with van der Waals surface area (Å²) in [6.45, 7) is 4.06. The number of benzene rings is 1. The first kappa shape index (κ1) is 18.7. The fourth-order valence-electron chi connectivity index (χ4n) is 3.39. The maximum Gasteiger partial charge on any atom is 0.252 e. The van der Waals surface area contributed by atoms with Crippen molar-refractivity contribution in [2.45, 2.75) is 33.2 Å². The number of hydrogen-bond donors (Lipinski definition) is 1. The lowest BCUT2D eigenvalue weighted by Gasteiger charge is -2.22. The summed E-state index contributed by atoms with van der Waals surface area (Å²) < 4.78 is 15.4. The molecule has 148 valence electrons. The minimum absolute atomic E-state index is 0.135. The number of H-pyrrole nitrogens is 1. The van der Waals surface area contributed by atoms with E-state index in [-0.39, 0.29) is 18.9 Å². The highest BCUT2D eigenvalue weighted by molar-refractivity contribution is 5.93. The summed E-state index contributed by atoms with van der Waals surface area (Å²) in [7, 11) is 0. The average Bonchev–Trinajstić information content (AvgIpc) is 3.37. The van der Waals surface area contributed by atoms with Gasteiger partial charge in [-0.15, -0.1) is 0 Å². The number of halogens is 1. The van der Waals surface area contributed by atoms with Gasteiger partial charge in [0.2, 0.25) is 5.91 Å².